The molecule has 0 spiro atoms. The maximum atomic E-state index is 11.7. The molecule has 0 unspecified atom stereocenters. The minimum atomic E-state index is 0.262. The molecule has 1 aliphatic carbocycles. The molecular weight excluding hydrogens is 304 g/mol. The van der Waals surface area contributed by atoms with Crippen molar-refractivity contribution in [3.63, 3.8) is 0 Å². The standard InChI is InChI=1S/C17H24N6O/c1-22-17-13(11-19-22)16(18-8-10-23-9-4-7-14(23)24)20-15(21-17)12-5-2-3-6-12/h11-12H,2-10H2,1H3,(H,18,20,21). The maximum absolute atomic E-state index is 11.7. The summed E-state index contributed by atoms with van der Waals surface area (Å²) in [6.45, 7) is 2.31. The molecule has 2 aliphatic rings. The van der Waals surface area contributed by atoms with Crippen molar-refractivity contribution in [1.29, 1.82) is 0 Å². The zero-order chi connectivity index (χ0) is 16.5. The van der Waals surface area contributed by atoms with Gasteiger partial charge in [0.1, 0.15) is 11.6 Å². The van der Waals surface area contributed by atoms with Crippen molar-refractivity contribution in [2.75, 3.05) is 25.0 Å². The van der Waals surface area contributed by atoms with Crippen LogP contribution < -0.4 is 5.32 Å². The number of anilines is 1. The molecule has 4 rings (SSSR count). The number of amides is 1. The average Bonchev–Trinajstić information content (AvgIpc) is 3.31. The van der Waals surface area contributed by atoms with E-state index >= 15 is 0 Å². The number of hydrogen-bond acceptors (Lipinski definition) is 5. The van der Waals surface area contributed by atoms with Gasteiger partial charge in [-0.2, -0.15) is 5.10 Å². The predicted molar refractivity (Wildman–Crippen MR) is 91.8 cm³/mol. The molecule has 2 fully saturated rings. The molecule has 1 aliphatic heterocycles. The van der Waals surface area contributed by atoms with Gasteiger partial charge in [0.15, 0.2) is 5.65 Å². The lowest BCUT2D eigenvalue weighted by Gasteiger charge is -2.17. The van der Waals surface area contributed by atoms with E-state index in [2.05, 4.69) is 10.4 Å². The van der Waals surface area contributed by atoms with Crippen LogP contribution in [0, 0.1) is 0 Å². The highest BCUT2D eigenvalue weighted by Crippen LogP contribution is 2.34. The van der Waals surface area contributed by atoms with Gasteiger partial charge < -0.3 is 10.2 Å². The fourth-order valence-corrected chi connectivity index (χ4v) is 3.79. The monoisotopic (exact) mass is 328 g/mol. The Kier molecular flexibility index (Phi) is 4.08. The van der Waals surface area contributed by atoms with Crippen molar-refractivity contribution >= 4 is 22.8 Å². The molecule has 1 N–H and O–H groups in total. The minimum absolute atomic E-state index is 0.262. The van der Waals surface area contributed by atoms with E-state index in [1.165, 1.54) is 25.7 Å². The van der Waals surface area contributed by atoms with Crippen molar-refractivity contribution in [1.82, 2.24) is 24.6 Å². The average molecular weight is 328 g/mol. The van der Waals surface area contributed by atoms with Crippen LogP contribution in [-0.4, -0.2) is 50.2 Å². The van der Waals surface area contributed by atoms with Crippen molar-refractivity contribution in [2.24, 2.45) is 7.05 Å². The molecule has 0 atom stereocenters. The maximum Gasteiger partial charge on any atom is 0.222 e. The molecule has 1 amide bonds. The normalized spacial score (nSPS) is 18.9. The van der Waals surface area contributed by atoms with Crippen molar-refractivity contribution in [3.8, 4) is 0 Å². The highest BCUT2D eigenvalue weighted by atomic mass is 16.2. The highest BCUT2D eigenvalue weighted by molar-refractivity contribution is 5.86. The third-order valence-electron chi connectivity index (χ3n) is 5.18. The molecule has 128 valence electrons. The first-order valence-electron chi connectivity index (χ1n) is 8.93. The molecule has 0 aromatic carbocycles. The van der Waals surface area contributed by atoms with Crippen LogP contribution in [0.25, 0.3) is 11.0 Å². The van der Waals surface area contributed by atoms with Gasteiger partial charge in [-0.1, -0.05) is 12.8 Å². The second-order valence-electron chi connectivity index (χ2n) is 6.83. The van der Waals surface area contributed by atoms with E-state index in [9.17, 15) is 4.79 Å². The Hall–Kier alpha value is -2.18. The van der Waals surface area contributed by atoms with E-state index in [4.69, 9.17) is 9.97 Å². The molecule has 0 bridgehead atoms. The minimum Gasteiger partial charge on any atom is -0.368 e. The number of nitrogens with zero attached hydrogens (tertiary/aromatic N) is 5. The van der Waals surface area contributed by atoms with Crippen LogP contribution in [0.1, 0.15) is 50.3 Å². The number of fused-ring (bicyclic) bond motifs is 1. The van der Waals surface area contributed by atoms with Crippen molar-refractivity contribution in [2.45, 2.75) is 44.4 Å². The van der Waals surface area contributed by atoms with Gasteiger partial charge in [0, 0.05) is 39.0 Å². The Balaban J connectivity index is 1.55. The van der Waals surface area contributed by atoms with Gasteiger partial charge in [-0.05, 0) is 19.3 Å². The van der Waals surface area contributed by atoms with Crippen LogP contribution in [0.4, 0.5) is 5.82 Å². The van der Waals surface area contributed by atoms with E-state index in [1.807, 2.05) is 22.8 Å². The van der Waals surface area contributed by atoms with E-state index in [-0.39, 0.29) is 5.91 Å². The summed E-state index contributed by atoms with van der Waals surface area (Å²) in [6.07, 6.45) is 8.35. The SMILES string of the molecule is Cn1ncc2c(NCCN3CCCC3=O)nc(C3CCCC3)nc21. The van der Waals surface area contributed by atoms with E-state index < -0.39 is 0 Å². The fraction of sp³-hybridized carbons (Fsp3) is 0.647. The lowest BCUT2D eigenvalue weighted by molar-refractivity contribution is -0.127. The van der Waals surface area contributed by atoms with E-state index in [0.29, 0.717) is 18.9 Å². The Morgan fingerprint density at radius 1 is 1.25 bits per heavy atom. The van der Waals surface area contributed by atoms with Crippen molar-refractivity contribution < 1.29 is 4.79 Å². The molecular formula is C17H24N6O. The third-order valence-corrected chi connectivity index (χ3v) is 5.18. The van der Waals surface area contributed by atoms with Gasteiger partial charge in [0.2, 0.25) is 5.91 Å². The molecule has 7 nitrogen and oxygen atoms in total. The fourth-order valence-electron chi connectivity index (χ4n) is 3.79. The number of hydrogen-bond donors (Lipinski definition) is 1. The van der Waals surface area contributed by atoms with E-state index in [0.717, 1.165) is 42.2 Å². The predicted octanol–water partition coefficient (Wildman–Crippen LogP) is 2.06. The lowest BCUT2D eigenvalue weighted by atomic mass is 10.1. The molecule has 3 heterocycles. The van der Waals surface area contributed by atoms with Gasteiger partial charge in [0.05, 0.1) is 11.6 Å². The zero-order valence-electron chi connectivity index (χ0n) is 14.2. The first-order valence-corrected chi connectivity index (χ1v) is 8.93. The van der Waals surface area contributed by atoms with Gasteiger partial charge in [-0.25, -0.2) is 9.97 Å². The largest absolute Gasteiger partial charge is 0.368 e. The molecule has 24 heavy (non-hydrogen) atoms. The van der Waals surface area contributed by atoms with Gasteiger partial charge >= 0.3 is 0 Å². The first-order chi connectivity index (χ1) is 11.7. The lowest BCUT2D eigenvalue weighted by Crippen LogP contribution is -2.30. The smallest absolute Gasteiger partial charge is 0.222 e. The first kappa shape index (κ1) is 15.4. The zero-order valence-corrected chi connectivity index (χ0v) is 14.2. The van der Waals surface area contributed by atoms with Gasteiger partial charge in [-0.15, -0.1) is 0 Å². The van der Waals surface area contributed by atoms with E-state index in [1.54, 1.807) is 0 Å². The second kappa shape index (κ2) is 6.37. The topological polar surface area (TPSA) is 75.9 Å². The van der Waals surface area contributed by atoms with Crippen molar-refractivity contribution in [3.05, 3.63) is 12.0 Å². The molecule has 1 saturated carbocycles. The van der Waals surface area contributed by atoms with Crippen LogP contribution in [-0.2, 0) is 11.8 Å². The molecule has 2 aromatic rings. The second-order valence-corrected chi connectivity index (χ2v) is 6.83. The Morgan fingerprint density at radius 3 is 2.83 bits per heavy atom. The molecule has 7 heteroatoms. The molecule has 1 saturated heterocycles. The summed E-state index contributed by atoms with van der Waals surface area (Å²) in [5, 5.41) is 8.70. The summed E-state index contributed by atoms with van der Waals surface area (Å²) in [5.41, 5.74) is 0.881. The van der Waals surface area contributed by atoms with Crippen LogP contribution in [0.2, 0.25) is 0 Å². The summed E-state index contributed by atoms with van der Waals surface area (Å²) in [4.78, 5) is 23.2. The number of nitrogens with one attached hydrogen (secondary N) is 1. The summed E-state index contributed by atoms with van der Waals surface area (Å²) in [5.74, 6) is 2.51. The van der Waals surface area contributed by atoms with Crippen LogP contribution in [0.3, 0.4) is 0 Å². The molecule has 2 aromatic heterocycles. The van der Waals surface area contributed by atoms with Gasteiger partial charge in [0.25, 0.3) is 0 Å². The van der Waals surface area contributed by atoms with Crippen LogP contribution >= 0.6 is 0 Å². The third kappa shape index (κ3) is 2.83. The summed E-state index contributed by atoms with van der Waals surface area (Å²) in [7, 11) is 1.92. The van der Waals surface area contributed by atoms with Gasteiger partial charge in [-0.3, -0.25) is 9.48 Å². The molecule has 0 radical (unpaired) electrons. The number of aryl methyl sites for hydroxylation is 1. The quantitative estimate of drug-likeness (QED) is 0.909. The summed E-state index contributed by atoms with van der Waals surface area (Å²) in [6, 6.07) is 0. The number of aromatic nitrogens is 4. The Bertz CT molecular complexity index is 749. The summed E-state index contributed by atoms with van der Waals surface area (Å²) >= 11 is 0. The highest BCUT2D eigenvalue weighted by Gasteiger charge is 2.23. The van der Waals surface area contributed by atoms with Crippen LogP contribution in [0.15, 0.2) is 6.20 Å². The number of carbonyl (C=O) groups is 1. The van der Waals surface area contributed by atoms with Crippen LogP contribution in [0.5, 0.6) is 0 Å². The number of carbonyl (C=O) groups excluding carboxylic acids is 1. The number of likely N-dealkylation sites (tertiary alicyclic amines) is 1. The Labute approximate surface area is 141 Å². The number of rotatable bonds is 5. The Morgan fingerprint density at radius 2 is 2.08 bits per heavy atom. The summed E-state index contributed by atoms with van der Waals surface area (Å²) < 4.78 is 1.81.